The summed E-state index contributed by atoms with van der Waals surface area (Å²) >= 11 is 7.43. The number of thiophene rings is 1. The fourth-order valence-corrected chi connectivity index (χ4v) is 2.78. The van der Waals surface area contributed by atoms with Crippen LogP contribution in [0, 0.1) is 11.3 Å². The van der Waals surface area contributed by atoms with Crippen LogP contribution in [0.25, 0.3) is 0 Å². The van der Waals surface area contributed by atoms with Crippen LogP contribution in [-0.4, -0.2) is 7.11 Å². The van der Waals surface area contributed by atoms with E-state index in [1.165, 1.54) is 11.3 Å². The minimum atomic E-state index is 0.0483. The smallest absolute Gasteiger partial charge is 0.143 e. The molecule has 1 aromatic heterocycles. The van der Waals surface area contributed by atoms with Crippen molar-refractivity contribution in [2.75, 3.05) is 12.4 Å². The van der Waals surface area contributed by atoms with Gasteiger partial charge in [-0.2, -0.15) is 5.26 Å². The molecule has 1 heterocycles. The largest absolute Gasteiger partial charge is 0.495 e. The topological polar surface area (TPSA) is 45.0 Å². The summed E-state index contributed by atoms with van der Waals surface area (Å²) in [6.07, 6.45) is 0. The van der Waals surface area contributed by atoms with Crippen molar-refractivity contribution >= 4 is 28.6 Å². The Labute approximate surface area is 121 Å². The second-order valence-corrected chi connectivity index (χ2v) is 5.59. The Morgan fingerprint density at radius 1 is 1.47 bits per heavy atom. The molecule has 0 saturated carbocycles. The Morgan fingerprint density at radius 2 is 2.26 bits per heavy atom. The summed E-state index contributed by atoms with van der Waals surface area (Å²) in [5.74, 6) is 0.659. The van der Waals surface area contributed by atoms with Crippen LogP contribution in [0.15, 0.2) is 29.6 Å². The number of nitrogens with zero attached hydrogens (tertiary/aromatic N) is 1. The lowest BCUT2D eigenvalue weighted by atomic mass is 10.1. The number of para-hydroxylation sites is 1. The molecule has 1 atom stereocenters. The number of benzene rings is 1. The first-order chi connectivity index (χ1) is 9.15. The fourth-order valence-electron chi connectivity index (χ4n) is 1.79. The summed E-state index contributed by atoms with van der Waals surface area (Å²) < 4.78 is 6.05. The van der Waals surface area contributed by atoms with Gasteiger partial charge in [-0.1, -0.05) is 17.7 Å². The minimum Gasteiger partial charge on any atom is -0.495 e. The summed E-state index contributed by atoms with van der Waals surface area (Å²) in [4.78, 5) is 0. The van der Waals surface area contributed by atoms with Gasteiger partial charge in [0, 0.05) is 6.04 Å². The van der Waals surface area contributed by atoms with Crippen molar-refractivity contribution in [3.63, 3.8) is 0 Å². The summed E-state index contributed by atoms with van der Waals surface area (Å²) in [5, 5.41) is 14.5. The molecule has 0 spiro atoms. The average Bonchev–Trinajstić information content (AvgIpc) is 2.85. The Balaban J connectivity index is 2.30. The number of nitrogens with one attached hydrogen (secondary N) is 1. The number of halogens is 1. The molecule has 3 nitrogen and oxygen atoms in total. The highest BCUT2D eigenvalue weighted by Gasteiger charge is 2.13. The standard InChI is InChI=1S/C14H13ClN2OS/c1-9(11-6-13(15)19-8-11)17-14-10(7-16)4-3-5-12(14)18-2/h3-6,8-9,17H,1-2H3. The molecule has 2 aromatic rings. The molecule has 0 aliphatic rings. The van der Waals surface area contributed by atoms with Gasteiger partial charge in [0.1, 0.15) is 11.8 Å². The van der Waals surface area contributed by atoms with E-state index in [4.69, 9.17) is 21.6 Å². The molecule has 1 unspecified atom stereocenters. The van der Waals surface area contributed by atoms with Crippen molar-refractivity contribution < 1.29 is 4.74 Å². The number of methoxy groups -OCH3 is 1. The Kier molecular flexibility index (Phi) is 4.31. The SMILES string of the molecule is COc1cccc(C#N)c1NC(C)c1csc(Cl)c1. The van der Waals surface area contributed by atoms with Crippen LogP contribution in [0.3, 0.4) is 0 Å². The molecule has 0 amide bonds. The molecule has 0 bridgehead atoms. The van der Waals surface area contributed by atoms with Crippen LogP contribution >= 0.6 is 22.9 Å². The van der Waals surface area contributed by atoms with E-state index in [0.29, 0.717) is 17.0 Å². The van der Waals surface area contributed by atoms with Crippen LogP contribution in [0.4, 0.5) is 5.69 Å². The Bertz CT molecular complexity index is 618. The molecule has 19 heavy (non-hydrogen) atoms. The van der Waals surface area contributed by atoms with E-state index in [0.717, 1.165) is 9.90 Å². The lowest BCUT2D eigenvalue weighted by Gasteiger charge is -2.17. The molecule has 1 N–H and O–H groups in total. The highest BCUT2D eigenvalue weighted by atomic mass is 35.5. The molecule has 0 radical (unpaired) electrons. The van der Waals surface area contributed by atoms with Gasteiger partial charge in [-0.05, 0) is 36.1 Å². The van der Waals surface area contributed by atoms with E-state index in [9.17, 15) is 0 Å². The molecule has 98 valence electrons. The van der Waals surface area contributed by atoms with E-state index in [-0.39, 0.29) is 6.04 Å². The first-order valence-corrected chi connectivity index (χ1v) is 6.99. The van der Waals surface area contributed by atoms with Gasteiger partial charge >= 0.3 is 0 Å². The summed E-state index contributed by atoms with van der Waals surface area (Å²) in [6, 6.07) is 9.53. The molecule has 0 aliphatic heterocycles. The molecular weight excluding hydrogens is 280 g/mol. The van der Waals surface area contributed by atoms with Gasteiger partial charge < -0.3 is 10.1 Å². The van der Waals surface area contributed by atoms with Crippen molar-refractivity contribution in [2.45, 2.75) is 13.0 Å². The normalized spacial score (nSPS) is 11.7. The van der Waals surface area contributed by atoms with Crippen molar-refractivity contribution in [1.29, 1.82) is 5.26 Å². The first-order valence-electron chi connectivity index (χ1n) is 5.73. The number of hydrogen-bond acceptors (Lipinski definition) is 4. The minimum absolute atomic E-state index is 0.0483. The Morgan fingerprint density at radius 3 is 2.84 bits per heavy atom. The van der Waals surface area contributed by atoms with Crippen LogP contribution < -0.4 is 10.1 Å². The number of rotatable bonds is 4. The highest BCUT2D eigenvalue weighted by Crippen LogP contribution is 2.33. The maximum atomic E-state index is 9.16. The zero-order valence-corrected chi connectivity index (χ0v) is 12.2. The maximum Gasteiger partial charge on any atom is 0.143 e. The van der Waals surface area contributed by atoms with E-state index in [1.807, 2.05) is 24.4 Å². The molecule has 1 aromatic carbocycles. The lowest BCUT2D eigenvalue weighted by Crippen LogP contribution is -2.08. The van der Waals surface area contributed by atoms with Crippen LogP contribution in [0.2, 0.25) is 4.34 Å². The van der Waals surface area contributed by atoms with Crippen molar-refractivity contribution in [2.24, 2.45) is 0 Å². The van der Waals surface area contributed by atoms with Gasteiger partial charge in [0.05, 0.1) is 22.7 Å². The van der Waals surface area contributed by atoms with E-state index in [1.54, 1.807) is 19.2 Å². The number of anilines is 1. The zero-order chi connectivity index (χ0) is 13.8. The monoisotopic (exact) mass is 292 g/mol. The molecule has 0 aliphatic carbocycles. The van der Waals surface area contributed by atoms with Crippen molar-refractivity contribution in [1.82, 2.24) is 0 Å². The zero-order valence-electron chi connectivity index (χ0n) is 10.6. The summed E-state index contributed by atoms with van der Waals surface area (Å²) in [5.41, 5.74) is 2.36. The van der Waals surface area contributed by atoms with Gasteiger partial charge in [0.15, 0.2) is 0 Å². The lowest BCUT2D eigenvalue weighted by molar-refractivity contribution is 0.416. The van der Waals surface area contributed by atoms with Crippen LogP contribution in [0.5, 0.6) is 5.75 Å². The second kappa shape index (κ2) is 5.96. The van der Waals surface area contributed by atoms with E-state index >= 15 is 0 Å². The van der Waals surface area contributed by atoms with Gasteiger partial charge in [0.25, 0.3) is 0 Å². The van der Waals surface area contributed by atoms with Crippen molar-refractivity contribution in [3.8, 4) is 11.8 Å². The third-order valence-electron chi connectivity index (χ3n) is 2.82. The third kappa shape index (κ3) is 3.01. The second-order valence-electron chi connectivity index (χ2n) is 4.04. The molecule has 0 saturated heterocycles. The fraction of sp³-hybridized carbons (Fsp3) is 0.214. The number of hydrogen-bond donors (Lipinski definition) is 1. The van der Waals surface area contributed by atoms with Gasteiger partial charge in [-0.15, -0.1) is 11.3 Å². The first kappa shape index (κ1) is 13.7. The predicted molar refractivity (Wildman–Crippen MR) is 79.1 cm³/mol. The molecule has 0 fully saturated rings. The van der Waals surface area contributed by atoms with Gasteiger partial charge in [-0.3, -0.25) is 0 Å². The van der Waals surface area contributed by atoms with Gasteiger partial charge in [0.2, 0.25) is 0 Å². The van der Waals surface area contributed by atoms with E-state index in [2.05, 4.69) is 11.4 Å². The molecule has 2 rings (SSSR count). The number of ether oxygens (including phenoxy) is 1. The summed E-state index contributed by atoms with van der Waals surface area (Å²) in [7, 11) is 1.59. The quantitative estimate of drug-likeness (QED) is 0.905. The van der Waals surface area contributed by atoms with Crippen molar-refractivity contribution in [3.05, 3.63) is 45.1 Å². The van der Waals surface area contributed by atoms with Crippen LogP contribution in [0.1, 0.15) is 24.1 Å². The molecular formula is C14H13ClN2OS. The third-order valence-corrected chi connectivity index (χ3v) is 3.92. The molecule has 5 heteroatoms. The summed E-state index contributed by atoms with van der Waals surface area (Å²) in [6.45, 7) is 2.02. The van der Waals surface area contributed by atoms with Crippen LogP contribution in [-0.2, 0) is 0 Å². The Hall–Kier alpha value is -1.70. The van der Waals surface area contributed by atoms with E-state index < -0.39 is 0 Å². The maximum absolute atomic E-state index is 9.16. The predicted octanol–water partition coefficient (Wildman–Crippen LogP) is 4.45. The average molecular weight is 293 g/mol. The van der Waals surface area contributed by atoms with Gasteiger partial charge in [-0.25, -0.2) is 0 Å². The highest BCUT2D eigenvalue weighted by molar-refractivity contribution is 7.14. The number of nitriles is 1.